The summed E-state index contributed by atoms with van der Waals surface area (Å²) in [6, 6.07) is 0. The third-order valence-corrected chi connectivity index (χ3v) is 1.89. The van der Waals surface area contributed by atoms with Crippen LogP contribution >= 0.6 is 7.82 Å². The van der Waals surface area contributed by atoms with Gasteiger partial charge in [0.15, 0.2) is 11.6 Å². The van der Waals surface area contributed by atoms with E-state index < -0.39 is 38.2 Å². The largest absolute Gasteiger partial charge is 0.470 e. The standard InChI is InChI=1S/C6H11O8P/c1-3(7)5(9)6(10)4(8)2-14-15(11,12)13/h5-6,9-10H,2H2,1H3,(H2,11,12,13)/t5-,6-/m1/s1. The molecule has 0 aliphatic heterocycles. The van der Waals surface area contributed by atoms with E-state index in [1.54, 1.807) is 0 Å². The molecule has 15 heavy (non-hydrogen) atoms. The maximum atomic E-state index is 10.9. The number of carbonyl (C=O) groups is 2. The van der Waals surface area contributed by atoms with Crippen molar-refractivity contribution in [3.8, 4) is 0 Å². The first-order valence-electron chi connectivity index (χ1n) is 3.74. The lowest BCUT2D eigenvalue weighted by molar-refractivity contribution is -0.143. The molecule has 0 saturated carbocycles. The van der Waals surface area contributed by atoms with E-state index >= 15 is 0 Å². The number of phosphoric acid groups is 1. The van der Waals surface area contributed by atoms with Gasteiger partial charge in [0.25, 0.3) is 0 Å². The Kier molecular flexibility index (Phi) is 5.22. The molecule has 0 aromatic carbocycles. The molecule has 0 rings (SSSR count). The summed E-state index contributed by atoms with van der Waals surface area (Å²) >= 11 is 0. The SMILES string of the molecule is CC(=O)[C@@H](O)[C@H](O)C(=O)COP(=O)(O)O. The van der Waals surface area contributed by atoms with Gasteiger partial charge in [-0.1, -0.05) is 0 Å². The number of Topliss-reactive ketones (excluding diaryl/α,β-unsaturated/α-hetero) is 2. The second-order valence-corrected chi connectivity index (χ2v) is 3.97. The molecule has 0 aromatic heterocycles. The van der Waals surface area contributed by atoms with Gasteiger partial charge < -0.3 is 20.0 Å². The molecule has 0 heterocycles. The van der Waals surface area contributed by atoms with Crippen LogP contribution in [0.1, 0.15) is 6.92 Å². The summed E-state index contributed by atoms with van der Waals surface area (Å²) in [5, 5.41) is 17.9. The number of hydrogen-bond donors (Lipinski definition) is 4. The molecule has 0 saturated heterocycles. The van der Waals surface area contributed by atoms with Crippen molar-refractivity contribution >= 4 is 19.4 Å². The van der Waals surface area contributed by atoms with E-state index in [1.807, 2.05) is 0 Å². The minimum Gasteiger partial charge on any atom is -0.382 e. The van der Waals surface area contributed by atoms with Gasteiger partial charge in [-0.05, 0) is 6.92 Å². The summed E-state index contributed by atoms with van der Waals surface area (Å²) in [7, 11) is -4.81. The van der Waals surface area contributed by atoms with Gasteiger partial charge in [-0.3, -0.25) is 14.1 Å². The summed E-state index contributed by atoms with van der Waals surface area (Å²) in [5.74, 6) is -2.03. The van der Waals surface area contributed by atoms with Crippen molar-refractivity contribution in [2.45, 2.75) is 19.1 Å². The molecular weight excluding hydrogens is 231 g/mol. The van der Waals surface area contributed by atoms with E-state index in [-0.39, 0.29) is 0 Å². The van der Waals surface area contributed by atoms with Crippen molar-refractivity contribution in [3.63, 3.8) is 0 Å². The fourth-order valence-corrected chi connectivity index (χ4v) is 0.927. The fraction of sp³-hybridized carbons (Fsp3) is 0.667. The Hall–Kier alpha value is -0.630. The van der Waals surface area contributed by atoms with Crippen LogP contribution in [0.4, 0.5) is 0 Å². The van der Waals surface area contributed by atoms with E-state index in [0.29, 0.717) is 0 Å². The lowest BCUT2D eigenvalue weighted by Crippen LogP contribution is -2.40. The third-order valence-electron chi connectivity index (χ3n) is 1.42. The minimum absolute atomic E-state index is 0.841. The van der Waals surface area contributed by atoms with Gasteiger partial charge in [0, 0.05) is 0 Å². The molecule has 0 spiro atoms. The van der Waals surface area contributed by atoms with E-state index in [9.17, 15) is 14.2 Å². The van der Waals surface area contributed by atoms with Gasteiger partial charge in [-0.15, -0.1) is 0 Å². The van der Waals surface area contributed by atoms with Crippen LogP contribution in [0.2, 0.25) is 0 Å². The van der Waals surface area contributed by atoms with Crippen LogP contribution in [0.3, 0.4) is 0 Å². The smallest absolute Gasteiger partial charge is 0.382 e. The summed E-state index contributed by atoms with van der Waals surface area (Å²) in [6.45, 7) is -0.138. The van der Waals surface area contributed by atoms with Crippen molar-refractivity contribution in [1.82, 2.24) is 0 Å². The monoisotopic (exact) mass is 242 g/mol. The number of phosphoric ester groups is 1. The Morgan fingerprint density at radius 3 is 2.07 bits per heavy atom. The summed E-state index contributed by atoms with van der Waals surface area (Å²) in [4.78, 5) is 37.9. The van der Waals surface area contributed by atoms with Crippen molar-refractivity contribution in [2.24, 2.45) is 0 Å². The minimum atomic E-state index is -4.81. The van der Waals surface area contributed by atoms with E-state index in [4.69, 9.17) is 20.0 Å². The molecule has 0 aliphatic carbocycles. The zero-order chi connectivity index (χ0) is 12.2. The predicted octanol–water partition coefficient (Wildman–Crippen LogP) is -2.02. The molecule has 8 nitrogen and oxygen atoms in total. The molecular formula is C6H11O8P. The molecule has 4 N–H and O–H groups in total. The van der Waals surface area contributed by atoms with Crippen molar-refractivity contribution in [2.75, 3.05) is 6.61 Å². The zero-order valence-electron chi connectivity index (χ0n) is 7.73. The molecule has 0 unspecified atom stereocenters. The van der Waals surface area contributed by atoms with Gasteiger partial charge in [-0.2, -0.15) is 0 Å². The van der Waals surface area contributed by atoms with Gasteiger partial charge >= 0.3 is 7.82 Å². The van der Waals surface area contributed by atoms with E-state index in [0.717, 1.165) is 6.92 Å². The summed E-state index contributed by atoms with van der Waals surface area (Å²) in [5.41, 5.74) is 0. The van der Waals surface area contributed by atoms with E-state index in [2.05, 4.69) is 4.52 Å². The number of hydrogen-bond acceptors (Lipinski definition) is 6. The van der Waals surface area contributed by atoms with Crippen molar-refractivity contribution < 1.29 is 38.7 Å². The second-order valence-electron chi connectivity index (χ2n) is 2.73. The first-order chi connectivity index (χ1) is 6.65. The van der Waals surface area contributed by atoms with Crippen molar-refractivity contribution in [1.29, 1.82) is 0 Å². The summed E-state index contributed by atoms with van der Waals surface area (Å²) < 4.78 is 13.9. The first-order valence-corrected chi connectivity index (χ1v) is 5.27. The lowest BCUT2D eigenvalue weighted by atomic mass is 10.1. The van der Waals surface area contributed by atoms with Gasteiger partial charge in [0.1, 0.15) is 18.8 Å². The maximum Gasteiger partial charge on any atom is 0.470 e. The number of aliphatic hydroxyl groups is 2. The van der Waals surface area contributed by atoms with Gasteiger partial charge in [0.05, 0.1) is 0 Å². The third kappa shape index (κ3) is 5.73. The van der Waals surface area contributed by atoms with Gasteiger partial charge in [0.2, 0.25) is 0 Å². The molecule has 0 aromatic rings. The van der Waals surface area contributed by atoms with Crippen LogP contribution in [-0.4, -0.2) is 50.4 Å². The number of ketones is 2. The number of aliphatic hydroxyl groups excluding tert-OH is 2. The van der Waals surface area contributed by atoms with Crippen LogP contribution in [0.5, 0.6) is 0 Å². The molecule has 0 aliphatic rings. The molecule has 9 heteroatoms. The first kappa shape index (κ1) is 14.4. The highest BCUT2D eigenvalue weighted by Crippen LogP contribution is 2.35. The van der Waals surface area contributed by atoms with Crippen LogP contribution < -0.4 is 0 Å². The quantitative estimate of drug-likeness (QED) is 0.391. The van der Waals surface area contributed by atoms with Crippen LogP contribution in [0.25, 0.3) is 0 Å². The number of rotatable bonds is 6. The van der Waals surface area contributed by atoms with Crippen molar-refractivity contribution in [3.05, 3.63) is 0 Å². The number of carbonyl (C=O) groups excluding carboxylic acids is 2. The highest BCUT2D eigenvalue weighted by atomic mass is 31.2. The van der Waals surface area contributed by atoms with Gasteiger partial charge in [-0.25, -0.2) is 4.57 Å². The van der Waals surface area contributed by atoms with Crippen LogP contribution in [-0.2, 0) is 18.7 Å². The second kappa shape index (κ2) is 5.45. The maximum absolute atomic E-state index is 10.9. The highest BCUT2D eigenvalue weighted by molar-refractivity contribution is 7.46. The van der Waals surface area contributed by atoms with E-state index in [1.165, 1.54) is 0 Å². The van der Waals surface area contributed by atoms with Crippen LogP contribution in [0, 0.1) is 0 Å². The zero-order valence-corrected chi connectivity index (χ0v) is 8.63. The molecule has 0 amide bonds. The Bertz CT molecular complexity index is 294. The summed E-state index contributed by atoms with van der Waals surface area (Å²) in [6.07, 6.45) is -3.97. The molecule has 0 radical (unpaired) electrons. The fourth-order valence-electron chi connectivity index (χ4n) is 0.631. The Labute approximate surface area is 84.7 Å². The highest BCUT2D eigenvalue weighted by Gasteiger charge is 2.29. The average Bonchev–Trinajstić information content (AvgIpc) is 2.10. The topological polar surface area (TPSA) is 141 Å². The normalized spacial score (nSPS) is 15.8. The molecule has 2 atom stereocenters. The lowest BCUT2D eigenvalue weighted by Gasteiger charge is -2.13. The Morgan fingerprint density at radius 1 is 1.27 bits per heavy atom. The molecule has 88 valence electrons. The average molecular weight is 242 g/mol. The molecule has 0 fully saturated rings. The molecule has 0 bridgehead atoms. The Morgan fingerprint density at radius 2 is 1.73 bits per heavy atom. The Balaban J connectivity index is 4.23. The van der Waals surface area contributed by atoms with Crippen LogP contribution in [0.15, 0.2) is 0 Å². The predicted molar refractivity (Wildman–Crippen MR) is 45.7 cm³/mol.